The minimum absolute atomic E-state index is 0.834. The van der Waals surface area contributed by atoms with Gasteiger partial charge >= 0.3 is 0 Å². The molecule has 0 amide bonds. The van der Waals surface area contributed by atoms with Crippen LogP contribution in [-0.4, -0.2) is 14.2 Å². The minimum Gasteiger partial charge on any atom is -0.497 e. The van der Waals surface area contributed by atoms with Gasteiger partial charge in [-0.15, -0.1) is 0 Å². The second-order valence-electron chi connectivity index (χ2n) is 7.21. The fraction of sp³-hybridized carbons (Fsp3) is 0.154. The fourth-order valence-corrected chi connectivity index (χ4v) is 3.39. The van der Waals surface area contributed by atoms with Crippen molar-refractivity contribution in [2.24, 2.45) is 0 Å². The molecule has 4 aromatic rings. The van der Waals surface area contributed by atoms with Crippen LogP contribution >= 0.6 is 0 Å². The maximum absolute atomic E-state index is 5.22. The first-order valence-corrected chi connectivity index (χ1v) is 9.98. The molecule has 0 aliphatic carbocycles. The molecule has 150 valence electrons. The molecular weight excluding hydrogens is 372 g/mol. The van der Waals surface area contributed by atoms with Gasteiger partial charge < -0.3 is 9.47 Å². The molecule has 30 heavy (non-hydrogen) atoms. The zero-order valence-electron chi connectivity index (χ0n) is 17.4. The Labute approximate surface area is 177 Å². The Bertz CT molecular complexity index is 981. The van der Waals surface area contributed by atoms with Crippen molar-refractivity contribution in [1.82, 2.24) is 0 Å². The van der Waals surface area contributed by atoms with Crippen LogP contribution in [0, 0.1) is 0 Å². The Hall–Kier alpha value is -3.66. The summed E-state index contributed by atoms with van der Waals surface area (Å²) in [5.74, 6) is 1.76. The Morgan fingerprint density at radius 2 is 0.833 bits per heavy atom. The van der Waals surface area contributed by atoms with E-state index in [1.165, 1.54) is 22.3 Å². The van der Waals surface area contributed by atoms with Crippen LogP contribution < -0.4 is 18.6 Å². The molecule has 4 rings (SSSR count). The lowest BCUT2D eigenvalue weighted by Gasteiger charge is -2.04. The predicted octanol–water partition coefficient (Wildman–Crippen LogP) is 4.04. The first-order chi connectivity index (χ1) is 14.7. The van der Waals surface area contributed by atoms with Crippen LogP contribution in [-0.2, 0) is 13.1 Å². The topological polar surface area (TPSA) is 26.2 Å². The second kappa shape index (κ2) is 9.23. The maximum Gasteiger partial charge on any atom is 0.173 e. The number of pyridine rings is 2. The molecule has 0 saturated carbocycles. The lowest BCUT2D eigenvalue weighted by Crippen LogP contribution is -2.33. The van der Waals surface area contributed by atoms with Gasteiger partial charge in [0.15, 0.2) is 37.9 Å². The van der Waals surface area contributed by atoms with Crippen LogP contribution in [0.2, 0.25) is 0 Å². The van der Waals surface area contributed by atoms with Crippen LogP contribution in [0.25, 0.3) is 11.1 Å². The smallest absolute Gasteiger partial charge is 0.173 e. The normalized spacial score (nSPS) is 10.6. The highest BCUT2D eigenvalue weighted by Gasteiger charge is 2.08. The first-order valence-electron chi connectivity index (χ1n) is 9.98. The van der Waals surface area contributed by atoms with Crippen molar-refractivity contribution < 1.29 is 18.6 Å². The van der Waals surface area contributed by atoms with Crippen molar-refractivity contribution in [3.05, 3.63) is 109 Å². The van der Waals surface area contributed by atoms with Crippen molar-refractivity contribution in [3.63, 3.8) is 0 Å². The summed E-state index contributed by atoms with van der Waals surface area (Å²) in [5.41, 5.74) is 4.90. The molecule has 4 nitrogen and oxygen atoms in total. The third-order valence-corrected chi connectivity index (χ3v) is 5.16. The van der Waals surface area contributed by atoms with Crippen LogP contribution in [0.4, 0.5) is 0 Å². The molecule has 0 radical (unpaired) electrons. The van der Waals surface area contributed by atoms with Gasteiger partial charge in [0, 0.05) is 35.4 Å². The van der Waals surface area contributed by atoms with Gasteiger partial charge in [-0.3, -0.25) is 0 Å². The molecule has 0 atom stereocenters. The summed E-state index contributed by atoms with van der Waals surface area (Å²) >= 11 is 0. The number of nitrogens with zero attached hydrogens (tertiary/aromatic N) is 2. The van der Waals surface area contributed by atoms with Gasteiger partial charge in [-0.05, 0) is 59.7 Å². The Balaban J connectivity index is 1.40. The Morgan fingerprint density at radius 3 is 1.13 bits per heavy atom. The molecule has 0 aliphatic rings. The number of hydrogen-bond donors (Lipinski definition) is 0. The number of ether oxygens (including phenoxy) is 2. The molecule has 0 unspecified atom stereocenters. The highest BCUT2D eigenvalue weighted by Crippen LogP contribution is 2.17. The van der Waals surface area contributed by atoms with Gasteiger partial charge in [0.1, 0.15) is 11.5 Å². The summed E-state index contributed by atoms with van der Waals surface area (Å²) in [6, 6.07) is 25.0. The van der Waals surface area contributed by atoms with Gasteiger partial charge in [0.2, 0.25) is 0 Å². The first kappa shape index (κ1) is 19.6. The van der Waals surface area contributed by atoms with E-state index in [4.69, 9.17) is 9.47 Å². The predicted molar refractivity (Wildman–Crippen MR) is 116 cm³/mol. The number of hydrogen-bond acceptors (Lipinski definition) is 2. The average Bonchev–Trinajstić information content (AvgIpc) is 2.81. The van der Waals surface area contributed by atoms with Gasteiger partial charge in [-0.1, -0.05) is 0 Å². The lowest BCUT2D eigenvalue weighted by atomic mass is 10.1. The standard InChI is InChI=1S/C26H26N2O2/c1-29-25-7-3-21(4-8-25)19-27-15-11-23(12-16-27)24-13-17-28(18-14-24)20-22-5-9-26(30-2)10-6-22/h3-18H,19-20H2,1-2H3/q+2. The highest BCUT2D eigenvalue weighted by molar-refractivity contribution is 5.60. The molecule has 2 aromatic heterocycles. The minimum atomic E-state index is 0.834. The lowest BCUT2D eigenvalue weighted by molar-refractivity contribution is -0.688. The van der Waals surface area contributed by atoms with E-state index in [1.54, 1.807) is 14.2 Å². The summed E-state index contributed by atoms with van der Waals surface area (Å²) in [4.78, 5) is 0. The molecule has 0 bridgehead atoms. The Morgan fingerprint density at radius 1 is 0.500 bits per heavy atom. The molecule has 0 spiro atoms. The number of aromatic nitrogens is 2. The fourth-order valence-electron chi connectivity index (χ4n) is 3.39. The maximum atomic E-state index is 5.22. The van der Waals surface area contributed by atoms with Gasteiger partial charge in [-0.2, -0.15) is 0 Å². The quantitative estimate of drug-likeness (QED) is 0.439. The van der Waals surface area contributed by atoms with Crippen LogP contribution in [0.3, 0.4) is 0 Å². The van der Waals surface area contributed by atoms with Crippen molar-refractivity contribution >= 4 is 0 Å². The van der Waals surface area contributed by atoms with Crippen molar-refractivity contribution in [2.75, 3.05) is 14.2 Å². The highest BCUT2D eigenvalue weighted by atomic mass is 16.5. The molecule has 0 N–H and O–H groups in total. The molecule has 0 aliphatic heterocycles. The third kappa shape index (κ3) is 4.84. The van der Waals surface area contributed by atoms with E-state index in [0.717, 1.165) is 24.6 Å². The monoisotopic (exact) mass is 398 g/mol. The summed E-state index contributed by atoms with van der Waals surface area (Å²) in [7, 11) is 3.37. The number of methoxy groups -OCH3 is 2. The summed E-state index contributed by atoms with van der Waals surface area (Å²) < 4.78 is 14.8. The van der Waals surface area contributed by atoms with Gasteiger partial charge in [-0.25, -0.2) is 9.13 Å². The number of benzene rings is 2. The molecule has 4 heteroatoms. The van der Waals surface area contributed by atoms with Crippen LogP contribution in [0.15, 0.2) is 97.6 Å². The van der Waals surface area contributed by atoms with E-state index in [1.807, 2.05) is 24.3 Å². The van der Waals surface area contributed by atoms with E-state index in [9.17, 15) is 0 Å². The van der Waals surface area contributed by atoms with Gasteiger partial charge in [0.25, 0.3) is 0 Å². The molecule has 0 saturated heterocycles. The Kier molecular flexibility index (Phi) is 6.04. The molecular formula is C26H26N2O2+2. The third-order valence-electron chi connectivity index (χ3n) is 5.16. The average molecular weight is 399 g/mol. The largest absolute Gasteiger partial charge is 0.497 e. The number of rotatable bonds is 7. The van der Waals surface area contributed by atoms with E-state index in [2.05, 4.69) is 82.5 Å². The molecule has 0 fully saturated rings. The second-order valence-corrected chi connectivity index (χ2v) is 7.21. The van der Waals surface area contributed by atoms with E-state index >= 15 is 0 Å². The molecule has 2 heterocycles. The molecule has 2 aromatic carbocycles. The SMILES string of the molecule is COc1ccc(C[n+]2ccc(-c3cc[n+](Cc4ccc(OC)cc4)cc3)cc2)cc1. The summed E-state index contributed by atoms with van der Waals surface area (Å²) in [6.07, 6.45) is 8.49. The summed E-state index contributed by atoms with van der Waals surface area (Å²) in [5, 5.41) is 0. The summed E-state index contributed by atoms with van der Waals surface area (Å²) in [6.45, 7) is 1.67. The van der Waals surface area contributed by atoms with Crippen LogP contribution in [0.1, 0.15) is 11.1 Å². The van der Waals surface area contributed by atoms with Crippen molar-refractivity contribution in [2.45, 2.75) is 13.1 Å². The van der Waals surface area contributed by atoms with E-state index < -0.39 is 0 Å². The van der Waals surface area contributed by atoms with Crippen LogP contribution in [0.5, 0.6) is 11.5 Å². The van der Waals surface area contributed by atoms with Crippen molar-refractivity contribution in [3.8, 4) is 22.6 Å². The zero-order chi connectivity index (χ0) is 20.8. The van der Waals surface area contributed by atoms with E-state index in [0.29, 0.717) is 0 Å². The zero-order valence-corrected chi connectivity index (χ0v) is 17.4. The van der Waals surface area contributed by atoms with Gasteiger partial charge in [0.05, 0.1) is 14.2 Å². The van der Waals surface area contributed by atoms with Crippen molar-refractivity contribution in [1.29, 1.82) is 0 Å². The van der Waals surface area contributed by atoms with E-state index in [-0.39, 0.29) is 0 Å².